The van der Waals surface area contributed by atoms with Gasteiger partial charge >= 0.3 is 0 Å². The van der Waals surface area contributed by atoms with E-state index >= 15 is 0 Å². The van der Waals surface area contributed by atoms with Crippen molar-refractivity contribution in [3.8, 4) is 23.0 Å². The van der Waals surface area contributed by atoms with Gasteiger partial charge in [-0.25, -0.2) is 4.98 Å². The quantitative estimate of drug-likeness (QED) is 0.683. The van der Waals surface area contributed by atoms with E-state index in [1.54, 1.807) is 51.7 Å². The number of benzene rings is 2. The fourth-order valence-electron chi connectivity index (χ4n) is 2.28. The minimum Gasteiger partial charge on any atom is -0.497 e. The van der Waals surface area contributed by atoms with Crippen molar-refractivity contribution in [1.82, 2.24) is 4.98 Å². The molecule has 0 aliphatic carbocycles. The van der Waals surface area contributed by atoms with Crippen LogP contribution in [0.3, 0.4) is 0 Å². The highest BCUT2D eigenvalue weighted by Gasteiger charge is 2.12. The smallest absolute Gasteiger partial charge is 0.264 e. The molecule has 1 aromatic heterocycles. The second-order valence-electron chi connectivity index (χ2n) is 5.21. The fraction of sp³-hybridized carbons (Fsp3) is 0.222. The van der Waals surface area contributed by atoms with E-state index in [4.69, 9.17) is 18.9 Å². The third-order valence-electron chi connectivity index (χ3n) is 3.57. The predicted octanol–water partition coefficient (Wildman–Crippen LogP) is 3.34. The first-order valence-electron chi connectivity index (χ1n) is 7.72. The molecular weight excluding hydrogens is 356 g/mol. The lowest BCUT2D eigenvalue weighted by Crippen LogP contribution is -2.19. The Labute approximate surface area is 154 Å². The largest absolute Gasteiger partial charge is 0.497 e. The number of rotatable bonds is 7. The lowest BCUT2D eigenvalue weighted by molar-refractivity contribution is -0.118. The van der Waals surface area contributed by atoms with E-state index in [1.165, 1.54) is 11.3 Å². The minimum absolute atomic E-state index is 0.116. The standard InChI is InChI=1S/C18H18N2O5S/c1-22-11-4-6-12(7-5-11)25-10-17(21)20-18-19-13-8-14(23-2)15(24-3)9-16(13)26-18/h4-9H,10H2,1-3H3,(H,19,20,21). The molecule has 1 N–H and O–H groups in total. The summed E-state index contributed by atoms with van der Waals surface area (Å²) in [4.78, 5) is 16.5. The van der Waals surface area contributed by atoms with Crippen LogP contribution in [0, 0.1) is 0 Å². The van der Waals surface area contributed by atoms with Crippen molar-refractivity contribution in [1.29, 1.82) is 0 Å². The van der Waals surface area contributed by atoms with Crippen LogP contribution in [0.1, 0.15) is 0 Å². The Kier molecular flexibility index (Phi) is 5.43. The van der Waals surface area contributed by atoms with Gasteiger partial charge in [-0.3, -0.25) is 10.1 Å². The first-order valence-corrected chi connectivity index (χ1v) is 8.54. The first-order chi connectivity index (χ1) is 12.6. The van der Waals surface area contributed by atoms with Gasteiger partial charge in [-0.15, -0.1) is 0 Å². The van der Waals surface area contributed by atoms with Gasteiger partial charge in [-0.05, 0) is 24.3 Å². The lowest BCUT2D eigenvalue weighted by atomic mass is 10.3. The number of hydrogen-bond donors (Lipinski definition) is 1. The van der Waals surface area contributed by atoms with E-state index in [0.717, 1.165) is 16.0 Å². The molecule has 26 heavy (non-hydrogen) atoms. The monoisotopic (exact) mass is 374 g/mol. The second kappa shape index (κ2) is 7.92. The maximum absolute atomic E-state index is 12.1. The Balaban J connectivity index is 1.64. The number of hydrogen-bond acceptors (Lipinski definition) is 7. The summed E-state index contributed by atoms with van der Waals surface area (Å²) >= 11 is 1.35. The lowest BCUT2D eigenvalue weighted by Gasteiger charge is -2.06. The van der Waals surface area contributed by atoms with Crippen LogP contribution in [0.5, 0.6) is 23.0 Å². The number of carbonyl (C=O) groups excluding carboxylic acids is 1. The third kappa shape index (κ3) is 3.97. The van der Waals surface area contributed by atoms with Gasteiger partial charge in [0, 0.05) is 12.1 Å². The molecule has 0 spiro atoms. The van der Waals surface area contributed by atoms with Crippen molar-refractivity contribution in [3.63, 3.8) is 0 Å². The first kappa shape index (κ1) is 17.8. The number of fused-ring (bicyclic) bond motifs is 1. The summed E-state index contributed by atoms with van der Waals surface area (Å²) in [6.45, 7) is -0.116. The van der Waals surface area contributed by atoms with E-state index in [1.807, 2.05) is 6.07 Å². The van der Waals surface area contributed by atoms with Crippen molar-refractivity contribution < 1.29 is 23.7 Å². The van der Waals surface area contributed by atoms with Crippen LogP contribution in [0.25, 0.3) is 10.2 Å². The SMILES string of the molecule is COc1ccc(OCC(=O)Nc2nc3cc(OC)c(OC)cc3s2)cc1. The summed E-state index contributed by atoms with van der Waals surface area (Å²) in [7, 11) is 4.73. The number of amides is 1. The number of nitrogens with zero attached hydrogens (tertiary/aromatic N) is 1. The number of anilines is 1. The average Bonchev–Trinajstić information content (AvgIpc) is 3.06. The molecule has 0 aliphatic rings. The van der Waals surface area contributed by atoms with Crippen molar-refractivity contribution in [2.75, 3.05) is 33.3 Å². The molecule has 0 aliphatic heterocycles. The van der Waals surface area contributed by atoms with Crippen molar-refractivity contribution in [2.24, 2.45) is 0 Å². The van der Waals surface area contributed by atoms with Gasteiger partial charge in [0.15, 0.2) is 23.2 Å². The van der Waals surface area contributed by atoms with E-state index in [2.05, 4.69) is 10.3 Å². The van der Waals surface area contributed by atoms with E-state index in [-0.39, 0.29) is 12.5 Å². The Hall–Kier alpha value is -3.00. The molecule has 0 fully saturated rings. The van der Waals surface area contributed by atoms with E-state index in [9.17, 15) is 4.79 Å². The normalized spacial score (nSPS) is 10.4. The molecule has 1 amide bonds. The minimum atomic E-state index is -0.293. The number of carbonyl (C=O) groups is 1. The zero-order valence-electron chi connectivity index (χ0n) is 14.6. The molecule has 1 heterocycles. The van der Waals surface area contributed by atoms with Gasteiger partial charge in [0.1, 0.15) is 11.5 Å². The Morgan fingerprint density at radius 1 is 1.00 bits per heavy atom. The summed E-state index contributed by atoms with van der Waals surface area (Å²) in [5.74, 6) is 2.22. The maximum atomic E-state index is 12.1. The fourth-order valence-corrected chi connectivity index (χ4v) is 3.18. The summed E-state index contributed by atoms with van der Waals surface area (Å²) in [6, 6.07) is 10.6. The number of nitrogens with one attached hydrogen (secondary N) is 1. The third-order valence-corrected chi connectivity index (χ3v) is 4.50. The molecule has 2 aromatic carbocycles. The van der Waals surface area contributed by atoms with Crippen molar-refractivity contribution >= 4 is 32.6 Å². The highest BCUT2D eigenvalue weighted by atomic mass is 32.1. The second-order valence-corrected chi connectivity index (χ2v) is 6.24. The Morgan fingerprint density at radius 2 is 1.65 bits per heavy atom. The van der Waals surface area contributed by atoms with Gasteiger partial charge < -0.3 is 18.9 Å². The average molecular weight is 374 g/mol. The number of ether oxygens (including phenoxy) is 4. The molecule has 0 bridgehead atoms. The highest BCUT2D eigenvalue weighted by molar-refractivity contribution is 7.22. The number of methoxy groups -OCH3 is 3. The van der Waals surface area contributed by atoms with Gasteiger partial charge in [0.25, 0.3) is 5.91 Å². The van der Waals surface area contributed by atoms with Gasteiger partial charge in [0.2, 0.25) is 0 Å². The Bertz CT molecular complexity index is 867. The molecule has 0 radical (unpaired) electrons. The molecule has 8 heteroatoms. The van der Waals surface area contributed by atoms with Gasteiger partial charge in [0.05, 0.1) is 31.5 Å². The van der Waals surface area contributed by atoms with Crippen LogP contribution in [0.15, 0.2) is 36.4 Å². The molecular formula is C18H18N2O5S. The van der Waals surface area contributed by atoms with Crippen LogP contribution in [-0.2, 0) is 4.79 Å². The molecule has 136 valence electrons. The topological polar surface area (TPSA) is 78.9 Å². The van der Waals surface area contributed by atoms with Crippen LogP contribution < -0.4 is 24.3 Å². The zero-order chi connectivity index (χ0) is 18.5. The zero-order valence-corrected chi connectivity index (χ0v) is 15.4. The summed E-state index contributed by atoms with van der Waals surface area (Å²) in [6.07, 6.45) is 0. The molecule has 3 rings (SSSR count). The molecule has 0 saturated carbocycles. The Morgan fingerprint density at radius 3 is 2.31 bits per heavy atom. The van der Waals surface area contributed by atoms with Crippen LogP contribution in [0.2, 0.25) is 0 Å². The van der Waals surface area contributed by atoms with Gasteiger partial charge in [-0.2, -0.15) is 0 Å². The molecule has 7 nitrogen and oxygen atoms in total. The summed E-state index contributed by atoms with van der Waals surface area (Å²) < 4.78 is 22.0. The number of thiazole rings is 1. The van der Waals surface area contributed by atoms with Crippen LogP contribution in [-0.4, -0.2) is 38.8 Å². The maximum Gasteiger partial charge on any atom is 0.264 e. The summed E-state index contributed by atoms with van der Waals surface area (Å²) in [5.41, 5.74) is 0.721. The number of aromatic nitrogens is 1. The van der Waals surface area contributed by atoms with Crippen molar-refractivity contribution in [2.45, 2.75) is 0 Å². The van der Waals surface area contributed by atoms with E-state index in [0.29, 0.717) is 22.4 Å². The molecule has 0 saturated heterocycles. The van der Waals surface area contributed by atoms with Crippen LogP contribution >= 0.6 is 11.3 Å². The highest BCUT2D eigenvalue weighted by Crippen LogP contribution is 2.36. The molecule has 0 unspecified atom stereocenters. The summed E-state index contributed by atoms with van der Waals surface area (Å²) in [5, 5.41) is 3.22. The van der Waals surface area contributed by atoms with E-state index < -0.39 is 0 Å². The molecule has 0 atom stereocenters. The van der Waals surface area contributed by atoms with Crippen molar-refractivity contribution in [3.05, 3.63) is 36.4 Å². The molecule has 3 aromatic rings. The predicted molar refractivity (Wildman–Crippen MR) is 99.8 cm³/mol. The van der Waals surface area contributed by atoms with Gasteiger partial charge in [-0.1, -0.05) is 11.3 Å². The van der Waals surface area contributed by atoms with Crippen LogP contribution in [0.4, 0.5) is 5.13 Å².